The van der Waals surface area contributed by atoms with Crippen LogP contribution in [0.2, 0.25) is 0 Å². The average Bonchev–Trinajstić information content (AvgIpc) is 2.82. The molecule has 0 amide bonds. The first kappa shape index (κ1) is 15.3. The van der Waals surface area contributed by atoms with Crippen LogP contribution in [-0.4, -0.2) is 18.4 Å². The Kier molecular flexibility index (Phi) is 4.70. The molecule has 20 heavy (non-hydrogen) atoms. The largest absolute Gasteiger partial charge is 0.307 e. The van der Waals surface area contributed by atoms with E-state index in [9.17, 15) is 8.42 Å². The van der Waals surface area contributed by atoms with Crippen LogP contribution in [0.15, 0.2) is 27.1 Å². The highest BCUT2D eigenvalue weighted by Gasteiger charge is 2.20. The summed E-state index contributed by atoms with van der Waals surface area (Å²) >= 11 is 4.58. The number of hydrogen-bond donors (Lipinski definition) is 3. The first-order valence-corrected chi connectivity index (χ1v) is 8.60. The molecule has 10 heteroatoms. The van der Waals surface area contributed by atoms with Crippen molar-refractivity contribution in [2.24, 2.45) is 5.84 Å². The zero-order valence-corrected chi connectivity index (χ0v) is 13.6. The molecule has 0 spiro atoms. The number of halogens is 1. The van der Waals surface area contributed by atoms with Crippen molar-refractivity contribution in [1.82, 2.24) is 14.7 Å². The van der Waals surface area contributed by atoms with Crippen molar-refractivity contribution < 1.29 is 8.42 Å². The standard InChI is InChI=1S/C10H12BrN5O2S2/c1-6-8(19-5-14-6)4-15-20(17,18)9-2-7(11)3-13-10(9)16-12/h2-3,5,15H,4,12H2,1H3,(H,13,16). The van der Waals surface area contributed by atoms with E-state index in [1.54, 1.807) is 5.51 Å². The van der Waals surface area contributed by atoms with Crippen LogP contribution in [0, 0.1) is 6.92 Å². The lowest BCUT2D eigenvalue weighted by molar-refractivity contribution is 0.581. The number of anilines is 1. The third-order valence-electron chi connectivity index (χ3n) is 2.51. The van der Waals surface area contributed by atoms with Gasteiger partial charge in [-0.25, -0.2) is 29.0 Å². The summed E-state index contributed by atoms with van der Waals surface area (Å²) in [4.78, 5) is 8.83. The smallest absolute Gasteiger partial charge is 0.244 e. The zero-order chi connectivity index (χ0) is 14.8. The first-order chi connectivity index (χ1) is 9.44. The number of nitrogen functional groups attached to an aromatic ring is 1. The maximum atomic E-state index is 12.3. The predicted molar refractivity (Wildman–Crippen MR) is 80.6 cm³/mol. The molecule has 108 valence electrons. The molecule has 0 bridgehead atoms. The molecular formula is C10H12BrN5O2S2. The van der Waals surface area contributed by atoms with Gasteiger partial charge in [0.2, 0.25) is 10.0 Å². The van der Waals surface area contributed by atoms with Crippen LogP contribution >= 0.6 is 27.3 Å². The van der Waals surface area contributed by atoms with Crippen molar-refractivity contribution in [3.63, 3.8) is 0 Å². The Hall–Kier alpha value is -1.07. The molecule has 0 aromatic carbocycles. The van der Waals surface area contributed by atoms with Crippen molar-refractivity contribution >= 4 is 43.1 Å². The van der Waals surface area contributed by atoms with Crippen molar-refractivity contribution in [3.8, 4) is 0 Å². The van der Waals surface area contributed by atoms with Gasteiger partial charge in [-0.05, 0) is 28.9 Å². The van der Waals surface area contributed by atoms with Gasteiger partial charge < -0.3 is 5.43 Å². The van der Waals surface area contributed by atoms with Gasteiger partial charge in [-0.3, -0.25) is 0 Å². The molecule has 0 saturated heterocycles. The molecule has 0 saturated carbocycles. The molecule has 0 aliphatic carbocycles. The van der Waals surface area contributed by atoms with Gasteiger partial charge in [-0.15, -0.1) is 11.3 Å². The van der Waals surface area contributed by atoms with E-state index in [0.717, 1.165) is 10.6 Å². The van der Waals surface area contributed by atoms with Crippen LogP contribution in [0.1, 0.15) is 10.6 Å². The van der Waals surface area contributed by atoms with Gasteiger partial charge in [-0.1, -0.05) is 0 Å². The summed E-state index contributed by atoms with van der Waals surface area (Å²) in [7, 11) is -3.72. The lowest BCUT2D eigenvalue weighted by atomic mass is 10.4. The molecular weight excluding hydrogens is 366 g/mol. The van der Waals surface area contributed by atoms with Crippen LogP contribution in [0.25, 0.3) is 0 Å². The Morgan fingerprint density at radius 3 is 2.80 bits per heavy atom. The molecule has 0 radical (unpaired) electrons. The van der Waals surface area contributed by atoms with E-state index in [2.05, 4.69) is 36.0 Å². The third-order valence-corrected chi connectivity index (χ3v) is 5.30. The quantitative estimate of drug-likeness (QED) is 0.536. The first-order valence-electron chi connectivity index (χ1n) is 5.45. The number of aromatic nitrogens is 2. The highest BCUT2D eigenvalue weighted by Crippen LogP contribution is 2.22. The van der Waals surface area contributed by atoms with E-state index in [1.165, 1.54) is 23.6 Å². The fourth-order valence-corrected chi connectivity index (χ4v) is 3.90. The van der Waals surface area contributed by atoms with E-state index in [-0.39, 0.29) is 17.3 Å². The van der Waals surface area contributed by atoms with Gasteiger partial charge in [0, 0.05) is 22.1 Å². The van der Waals surface area contributed by atoms with Crippen LogP contribution in [0.4, 0.5) is 5.82 Å². The van der Waals surface area contributed by atoms with Crippen LogP contribution < -0.4 is 16.0 Å². The van der Waals surface area contributed by atoms with E-state index < -0.39 is 10.0 Å². The third kappa shape index (κ3) is 3.33. The lowest BCUT2D eigenvalue weighted by Gasteiger charge is -2.10. The molecule has 2 aromatic rings. The number of rotatable bonds is 5. The second-order valence-electron chi connectivity index (χ2n) is 3.83. The van der Waals surface area contributed by atoms with Crippen molar-refractivity contribution in [2.45, 2.75) is 18.4 Å². The van der Waals surface area contributed by atoms with Crippen LogP contribution in [-0.2, 0) is 16.6 Å². The Labute approximate surface area is 128 Å². The van der Waals surface area contributed by atoms with Gasteiger partial charge in [-0.2, -0.15) is 0 Å². The maximum Gasteiger partial charge on any atom is 0.244 e. The summed E-state index contributed by atoms with van der Waals surface area (Å²) in [6.07, 6.45) is 1.46. The number of pyridine rings is 1. The number of sulfonamides is 1. The molecule has 7 nitrogen and oxygen atoms in total. The summed E-state index contributed by atoms with van der Waals surface area (Å²) < 4.78 is 27.6. The predicted octanol–water partition coefficient (Wildman–Crippen LogP) is 1.37. The minimum atomic E-state index is -3.72. The monoisotopic (exact) mass is 377 g/mol. The number of nitrogens with zero attached hydrogens (tertiary/aromatic N) is 2. The molecule has 0 aliphatic heterocycles. The van der Waals surface area contributed by atoms with Gasteiger partial charge in [0.25, 0.3) is 0 Å². The van der Waals surface area contributed by atoms with Crippen molar-refractivity contribution in [1.29, 1.82) is 0 Å². The zero-order valence-electron chi connectivity index (χ0n) is 10.4. The van der Waals surface area contributed by atoms with Crippen molar-refractivity contribution in [3.05, 3.63) is 32.8 Å². The summed E-state index contributed by atoms with van der Waals surface area (Å²) in [5.41, 5.74) is 4.75. The lowest BCUT2D eigenvalue weighted by Crippen LogP contribution is -2.25. The molecule has 4 N–H and O–H groups in total. The van der Waals surface area contributed by atoms with Crippen molar-refractivity contribution in [2.75, 3.05) is 5.43 Å². The SMILES string of the molecule is Cc1ncsc1CNS(=O)(=O)c1cc(Br)cnc1NN. The van der Waals surface area contributed by atoms with E-state index in [4.69, 9.17) is 5.84 Å². The second kappa shape index (κ2) is 6.14. The van der Waals surface area contributed by atoms with E-state index in [0.29, 0.717) is 4.47 Å². The van der Waals surface area contributed by atoms with E-state index >= 15 is 0 Å². The number of thiazole rings is 1. The van der Waals surface area contributed by atoms with Crippen LogP contribution in [0.3, 0.4) is 0 Å². The average molecular weight is 378 g/mol. The number of hydrogen-bond acceptors (Lipinski definition) is 7. The number of nitrogens with one attached hydrogen (secondary N) is 2. The fourth-order valence-electron chi connectivity index (χ4n) is 1.47. The molecule has 0 unspecified atom stereocenters. The summed E-state index contributed by atoms with van der Waals surface area (Å²) in [6.45, 7) is 2.00. The number of nitrogens with two attached hydrogens (primary N) is 1. The Morgan fingerprint density at radius 2 is 2.20 bits per heavy atom. The van der Waals surface area contributed by atoms with Gasteiger partial charge >= 0.3 is 0 Å². The highest BCUT2D eigenvalue weighted by atomic mass is 79.9. The van der Waals surface area contributed by atoms with Gasteiger partial charge in [0.1, 0.15) is 4.90 Å². The molecule has 2 rings (SSSR count). The van der Waals surface area contributed by atoms with E-state index in [1.807, 2.05) is 6.92 Å². The molecule has 0 fully saturated rings. The molecule has 2 heterocycles. The van der Waals surface area contributed by atoms with Gasteiger partial charge in [0.05, 0.1) is 11.2 Å². The van der Waals surface area contributed by atoms with Crippen LogP contribution in [0.5, 0.6) is 0 Å². The molecule has 0 aliphatic rings. The second-order valence-corrected chi connectivity index (χ2v) is 7.42. The summed E-state index contributed by atoms with van der Waals surface area (Å²) in [5.74, 6) is 5.37. The number of hydrazine groups is 1. The Balaban J connectivity index is 2.26. The Morgan fingerprint density at radius 1 is 1.45 bits per heavy atom. The highest BCUT2D eigenvalue weighted by molar-refractivity contribution is 9.10. The summed E-state index contributed by atoms with van der Waals surface area (Å²) in [6, 6.07) is 1.43. The minimum absolute atomic E-state index is 0.0171. The summed E-state index contributed by atoms with van der Waals surface area (Å²) in [5, 5.41) is 0. The number of aryl methyl sites for hydroxylation is 1. The minimum Gasteiger partial charge on any atom is -0.307 e. The Bertz CT molecular complexity index is 716. The topological polar surface area (TPSA) is 110 Å². The van der Waals surface area contributed by atoms with Gasteiger partial charge in [0.15, 0.2) is 5.82 Å². The molecule has 0 atom stereocenters. The fraction of sp³-hybridized carbons (Fsp3) is 0.200. The molecule has 2 aromatic heterocycles. The maximum absolute atomic E-state index is 12.3. The normalized spacial score (nSPS) is 11.6.